The molecule has 3 rings (SSSR count). The SMILES string of the molecule is CN(Cc1ccncc1Cl)C(c1ccc(F)cc1)C1CC1. The van der Waals surface area contributed by atoms with Crippen LogP contribution in [-0.4, -0.2) is 16.9 Å². The molecule has 0 N–H and O–H groups in total. The third kappa shape index (κ3) is 3.42. The molecule has 0 bridgehead atoms. The maximum absolute atomic E-state index is 13.1. The third-order valence-corrected chi connectivity index (χ3v) is 4.37. The highest BCUT2D eigenvalue weighted by Gasteiger charge is 2.35. The normalized spacial score (nSPS) is 16.2. The molecule has 1 atom stereocenters. The Hall–Kier alpha value is -1.45. The smallest absolute Gasteiger partial charge is 0.123 e. The van der Waals surface area contributed by atoms with Crippen molar-refractivity contribution in [3.8, 4) is 0 Å². The first-order chi connectivity index (χ1) is 10.1. The summed E-state index contributed by atoms with van der Waals surface area (Å²) in [5.74, 6) is 0.467. The lowest BCUT2D eigenvalue weighted by molar-refractivity contribution is 0.212. The molecule has 1 heterocycles. The molecule has 2 nitrogen and oxygen atoms in total. The fraction of sp³-hybridized carbons (Fsp3) is 0.353. The van der Waals surface area contributed by atoms with Gasteiger partial charge in [0.1, 0.15) is 5.82 Å². The van der Waals surface area contributed by atoms with Crippen molar-refractivity contribution in [3.63, 3.8) is 0 Å². The number of hydrogen-bond donors (Lipinski definition) is 0. The Morgan fingerprint density at radius 2 is 2.00 bits per heavy atom. The Labute approximate surface area is 129 Å². The molecule has 21 heavy (non-hydrogen) atoms. The van der Waals surface area contributed by atoms with Gasteiger partial charge < -0.3 is 0 Å². The van der Waals surface area contributed by atoms with Crippen molar-refractivity contribution in [1.82, 2.24) is 9.88 Å². The molecule has 1 aliphatic rings. The highest BCUT2D eigenvalue weighted by molar-refractivity contribution is 6.31. The minimum absolute atomic E-state index is 0.187. The van der Waals surface area contributed by atoms with Crippen LogP contribution in [0.1, 0.15) is 30.0 Å². The molecule has 1 unspecified atom stereocenters. The van der Waals surface area contributed by atoms with Gasteiger partial charge in [-0.15, -0.1) is 0 Å². The van der Waals surface area contributed by atoms with Gasteiger partial charge in [0, 0.05) is 25.0 Å². The van der Waals surface area contributed by atoms with E-state index in [1.54, 1.807) is 12.4 Å². The Bertz CT molecular complexity index is 610. The van der Waals surface area contributed by atoms with Crippen LogP contribution < -0.4 is 0 Å². The number of halogens is 2. The first-order valence-corrected chi connectivity index (χ1v) is 7.57. The molecular formula is C17H18ClFN2. The van der Waals surface area contributed by atoms with E-state index < -0.39 is 0 Å². The molecule has 0 aliphatic heterocycles. The fourth-order valence-electron chi connectivity index (χ4n) is 2.86. The maximum atomic E-state index is 13.1. The predicted octanol–water partition coefficient (Wildman–Crippen LogP) is 4.46. The Kier molecular flexibility index (Phi) is 4.22. The summed E-state index contributed by atoms with van der Waals surface area (Å²) in [7, 11) is 2.10. The lowest BCUT2D eigenvalue weighted by Crippen LogP contribution is -2.26. The maximum Gasteiger partial charge on any atom is 0.123 e. The summed E-state index contributed by atoms with van der Waals surface area (Å²) in [6, 6.07) is 9.13. The summed E-state index contributed by atoms with van der Waals surface area (Å²) in [6.07, 6.45) is 5.90. The van der Waals surface area contributed by atoms with Crippen molar-refractivity contribution in [3.05, 3.63) is 64.7 Å². The second-order valence-electron chi connectivity index (χ2n) is 5.72. The average molecular weight is 305 g/mol. The lowest BCUT2D eigenvalue weighted by atomic mass is 10.0. The Morgan fingerprint density at radius 3 is 2.62 bits per heavy atom. The van der Waals surface area contributed by atoms with Crippen LogP contribution in [0.3, 0.4) is 0 Å². The van der Waals surface area contributed by atoms with Crippen molar-refractivity contribution in [1.29, 1.82) is 0 Å². The molecule has 2 aromatic rings. The van der Waals surface area contributed by atoms with Gasteiger partial charge in [-0.25, -0.2) is 4.39 Å². The van der Waals surface area contributed by atoms with Crippen molar-refractivity contribution >= 4 is 11.6 Å². The summed E-state index contributed by atoms with van der Waals surface area (Å²) in [5.41, 5.74) is 2.24. The fourth-order valence-corrected chi connectivity index (χ4v) is 3.04. The lowest BCUT2D eigenvalue weighted by Gasteiger charge is -2.29. The second-order valence-corrected chi connectivity index (χ2v) is 6.12. The zero-order chi connectivity index (χ0) is 14.8. The minimum atomic E-state index is -0.187. The van der Waals surface area contributed by atoms with Crippen LogP contribution in [0.4, 0.5) is 4.39 Å². The van der Waals surface area contributed by atoms with Crippen LogP contribution in [0.5, 0.6) is 0 Å². The van der Waals surface area contributed by atoms with E-state index in [4.69, 9.17) is 11.6 Å². The number of pyridine rings is 1. The number of nitrogens with zero attached hydrogens (tertiary/aromatic N) is 2. The van der Waals surface area contributed by atoms with Crippen LogP contribution in [0.15, 0.2) is 42.7 Å². The topological polar surface area (TPSA) is 16.1 Å². The van der Waals surface area contributed by atoms with Gasteiger partial charge in [-0.2, -0.15) is 0 Å². The monoisotopic (exact) mass is 304 g/mol. The molecule has 1 fully saturated rings. The summed E-state index contributed by atoms with van der Waals surface area (Å²) < 4.78 is 13.1. The molecule has 0 saturated heterocycles. The van der Waals surface area contributed by atoms with Gasteiger partial charge in [0.2, 0.25) is 0 Å². The predicted molar refractivity (Wildman–Crippen MR) is 82.6 cm³/mol. The highest BCUT2D eigenvalue weighted by Crippen LogP contribution is 2.44. The standard InChI is InChI=1S/C17H18ClFN2/c1-21(11-14-8-9-20-10-16(14)18)17(12-2-3-12)13-4-6-15(19)7-5-13/h4-10,12,17H,2-3,11H2,1H3. The van der Waals surface area contributed by atoms with Gasteiger partial charge in [-0.05, 0) is 55.1 Å². The van der Waals surface area contributed by atoms with Gasteiger partial charge in [0.15, 0.2) is 0 Å². The Balaban J connectivity index is 1.81. The van der Waals surface area contributed by atoms with Crippen LogP contribution >= 0.6 is 11.6 Å². The third-order valence-electron chi connectivity index (χ3n) is 4.03. The molecule has 1 aromatic heterocycles. The molecule has 0 spiro atoms. The summed E-state index contributed by atoms with van der Waals surface area (Å²) in [5, 5.41) is 0.693. The Morgan fingerprint density at radius 1 is 1.29 bits per heavy atom. The van der Waals surface area contributed by atoms with E-state index in [0.29, 0.717) is 17.0 Å². The number of benzene rings is 1. The van der Waals surface area contributed by atoms with Gasteiger partial charge >= 0.3 is 0 Å². The zero-order valence-corrected chi connectivity index (χ0v) is 12.7. The van der Waals surface area contributed by atoms with Gasteiger partial charge in [-0.3, -0.25) is 9.88 Å². The minimum Gasteiger partial charge on any atom is -0.295 e. The number of hydrogen-bond acceptors (Lipinski definition) is 2. The summed E-state index contributed by atoms with van der Waals surface area (Å²) in [6.45, 7) is 0.764. The molecule has 4 heteroatoms. The molecule has 110 valence electrons. The van der Waals surface area contributed by atoms with Crippen molar-refractivity contribution in [2.75, 3.05) is 7.05 Å². The molecule has 0 amide bonds. The van der Waals surface area contributed by atoms with E-state index >= 15 is 0 Å². The van der Waals surface area contributed by atoms with E-state index in [9.17, 15) is 4.39 Å². The van der Waals surface area contributed by atoms with E-state index in [-0.39, 0.29) is 5.82 Å². The molecule has 1 aromatic carbocycles. The largest absolute Gasteiger partial charge is 0.295 e. The van der Waals surface area contributed by atoms with E-state index in [0.717, 1.165) is 12.1 Å². The van der Waals surface area contributed by atoms with E-state index in [2.05, 4.69) is 16.9 Å². The highest BCUT2D eigenvalue weighted by atomic mass is 35.5. The van der Waals surface area contributed by atoms with E-state index in [1.807, 2.05) is 18.2 Å². The number of rotatable bonds is 5. The summed E-state index contributed by atoms with van der Waals surface area (Å²) in [4.78, 5) is 6.32. The van der Waals surface area contributed by atoms with Gasteiger partial charge in [0.25, 0.3) is 0 Å². The molecule has 1 saturated carbocycles. The van der Waals surface area contributed by atoms with Gasteiger partial charge in [0.05, 0.1) is 5.02 Å². The van der Waals surface area contributed by atoms with Crippen molar-refractivity contribution < 1.29 is 4.39 Å². The molecular weight excluding hydrogens is 287 g/mol. The summed E-state index contributed by atoms with van der Waals surface area (Å²) >= 11 is 6.20. The van der Waals surface area contributed by atoms with Crippen molar-refractivity contribution in [2.45, 2.75) is 25.4 Å². The van der Waals surface area contributed by atoms with Crippen LogP contribution in [0.2, 0.25) is 5.02 Å². The van der Waals surface area contributed by atoms with E-state index in [1.165, 1.54) is 30.5 Å². The van der Waals surface area contributed by atoms with Crippen LogP contribution in [0.25, 0.3) is 0 Å². The molecule has 1 aliphatic carbocycles. The zero-order valence-electron chi connectivity index (χ0n) is 12.0. The second kappa shape index (κ2) is 6.12. The van der Waals surface area contributed by atoms with Crippen LogP contribution in [0, 0.1) is 11.7 Å². The number of aromatic nitrogens is 1. The van der Waals surface area contributed by atoms with Crippen LogP contribution in [-0.2, 0) is 6.54 Å². The average Bonchev–Trinajstić information content (AvgIpc) is 3.29. The van der Waals surface area contributed by atoms with Crippen molar-refractivity contribution in [2.24, 2.45) is 5.92 Å². The quantitative estimate of drug-likeness (QED) is 0.811. The molecule has 0 radical (unpaired) electrons. The first-order valence-electron chi connectivity index (χ1n) is 7.19. The van der Waals surface area contributed by atoms with Gasteiger partial charge in [-0.1, -0.05) is 23.7 Å². The first kappa shape index (κ1) is 14.5.